The highest BCUT2D eigenvalue weighted by Crippen LogP contribution is 2.22. The number of halogens is 1. The predicted molar refractivity (Wildman–Crippen MR) is 75.7 cm³/mol. The fourth-order valence-corrected chi connectivity index (χ4v) is 1.75. The first kappa shape index (κ1) is 15.9. The van der Waals surface area contributed by atoms with E-state index in [1.165, 1.54) is 0 Å². The molecule has 0 bridgehead atoms. The molecule has 0 aliphatic heterocycles. The van der Waals surface area contributed by atoms with Gasteiger partial charge >= 0.3 is 6.09 Å². The molecule has 1 aromatic heterocycles. The van der Waals surface area contributed by atoms with Crippen molar-refractivity contribution in [2.24, 2.45) is 0 Å². The minimum absolute atomic E-state index is 0.282. The Morgan fingerprint density at radius 3 is 2.58 bits per heavy atom. The minimum atomic E-state index is -0.994. The Hall–Kier alpha value is -1.14. The molecule has 0 spiro atoms. The summed E-state index contributed by atoms with van der Waals surface area (Å²) in [5.74, 6) is 0. The van der Waals surface area contributed by atoms with Gasteiger partial charge in [-0.1, -0.05) is 15.9 Å². The van der Waals surface area contributed by atoms with Crippen LogP contribution < -0.4 is 5.32 Å². The van der Waals surface area contributed by atoms with E-state index in [4.69, 9.17) is 4.74 Å². The minimum Gasteiger partial charge on any atom is -0.444 e. The molecule has 1 rings (SSSR count). The first-order valence-electron chi connectivity index (χ1n) is 5.90. The smallest absolute Gasteiger partial charge is 0.408 e. The first-order chi connectivity index (χ1) is 8.66. The third kappa shape index (κ3) is 4.80. The number of aromatic nitrogens is 1. The van der Waals surface area contributed by atoms with E-state index in [0.717, 1.165) is 4.47 Å². The fraction of sp³-hybridized carbons (Fsp3) is 0.538. The summed E-state index contributed by atoms with van der Waals surface area (Å²) in [6, 6.07) is 3.52. The predicted octanol–water partition coefficient (Wildman–Crippen LogP) is 2.58. The molecule has 0 saturated heterocycles. The fourth-order valence-electron chi connectivity index (χ4n) is 1.42. The van der Waals surface area contributed by atoms with E-state index >= 15 is 0 Å². The Bertz CT molecular complexity index is 459. The third-order valence-corrected chi connectivity index (χ3v) is 2.87. The quantitative estimate of drug-likeness (QED) is 0.893. The van der Waals surface area contributed by atoms with Crippen LogP contribution in [0.15, 0.2) is 22.8 Å². The molecule has 106 valence electrons. The number of aliphatic hydroxyl groups is 1. The molecule has 0 aliphatic rings. The van der Waals surface area contributed by atoms with Crippen molar-refractivity contribution in [1.82, 2.24) is 10.3 Å². The average molecular weight is 331 g/mol. The lowest BCUT2D eigenvalue weighted by atomic mass is 9.98. The molecule has 0 aliphatic carbocycles. The Kier molecular flexibility index (Phi) is 4.92. The summed E-state index contributed by atoms with van der Waals surface area (Å²) in [7, 11) is 0. The summed E-state index contributed by atoms with van der Waals surface area (Å²) in [5, 5.41) is 12.2. The van der Waals surface area contributed by atoms with Crippen molar-refractivity contribution in [2.45, 2.75) is 38.8 Å². The van der Waals surface area contributed by atoms with Crippen LogP contribution >= 0.6 is 15.9 Å². The van der Waals surface area contributed by atoms with Gasteiger partial charge in [0.25, 0.3) is 0 Å². The second-order valence-corrected chi connectivity index (χ2v) is 6.39. The lowest BCUT2D eigenvalue weighted by Crippen LogP contribution is -2.48. The SMILES string of the molecule is CC(C)(C)OC(=O)N[C@@](C)(CO)c1cc(Br)ccn1. The van der Waals surface area contributed by atoms with Crippen LogP contribution in [0.5, 0.6) is 0 Å². The van der Waals surface area contributed by atoms with Gasteiger partial charge in [0, 0.05) is 10.7 Å². The maximum absolute atomic E-state index is 11.8. The number of aliphatic hydroxyl groups excluding tert-OH is 1. The molecular formula is C13H19BrN2O3. The summed E-state index contributed by atoms with van der Waals surface area (Å²) >= 11 is 3.33. The molecule has 5 nitrogen and oxygen atoms in total. The number of hydrogen-bond donors (Lipinski definition) is 2. The van der Waals surface area contributed by atoms with E-state index in [9.17, 15) is 9.90 Å². The van der Waals surface area contributed by atoms with Gasteiger partial charge in [-0.25, -0.2) is 4.79 Å². The summed E-state index contributed by atoms with van der Waals surface area (Å²) in [5.41, 5.74) is -1.03. The first-order valence-corrected chi connectivity index (χ1v) is 6.70. The summed E-state index contributed by atoms with van der Waals surface area (Å²) in [6.45, 7) is 6.74. The molecule has 0 unspecified atom stereocenters. The number of carbonyl (C=O) groups excluding carboxylic acids is 1. The van der Waals surface area contributed by atoms with Crippen LogP contribution in [-0.2, 0) is 10.3 Å². The van der Waals surface area contributed by atoms with E-state index in [1.807, 2.05) is 0 Å². The van der Waals surface area contributed by atoms with Gasteiger partial charge in [-0.05, 0) is 39.8 Å². The number of pyridine rings is 1. The third-order valence-electron chi connectivity index (χ3n) is 2.38. The van der Waals surface area contributed by atoms with Crippen molar-refractivity contribution < 1.29 is 14.6 Å². The molecule has 6 heteroatoms. The topological polar surface area (TPSA) is 71.5 Å². The summed E-state index contributed by atoms with van der Waals surface area (Å²) in [4.78, 5) is 16.0. The van der Waals surface area contributed by atoms with Gasteiger partial charge in [-0.2, -0.15) is 0 Å². The normalized spacial score (nSPS) is 14.6. The number of nitrogens with zero attached hydrogens (tertiary/aromatic N) is 1. The zero-order valence-corrected chi connectivity index (χ0v) is 13.1. The molecule has 0 saturated carbocycles. The Labute approximate surface area is 121 Å². The number of nitrogens with one attached hydrogen (secondary N) is 1. The van der Waals surface area contributed by atoms with Gasteiger partial charge in [0.1, 0.15) is 11.1 Å². The second kappa shape index (κ2) is 5.88. The number of hydrogen-bond acceptors (Lipinski definition) is 4. The zero-order chi connectivity index (χ0) is 14.7. The zero-order valence-electron chi connectivity index (χ0n) is 11.5. The lowest BCUT2D eigenvalue weighted by molar-refractivity contribution is 0.0407. The standard InChI is InChI=1S/C13H19BrN2O3/c1-12(2,3)19-11(18)16-13(4,8-17)10-7-9(14)5-6-15-10/h5-7,17H,8H2,1-4H3,(H,16,18)/t13-/m0/s1. The largest absolute Gasteiger partial charge is 0.444 e. The van der Waals surface area contributed by atoms with Gasteiger partial charge in [0.15, 0.2) is 0 Å². The number of rotatable bonds is 3. The number of ether oxygens (including phenoxy) is 1. The van der Waals surface area contributed by atoms with Gasteiger partial charge < -0.3 is 15.2 Å². The van der Waals surface area contributed by atoms with Crippen LogP contribution in [0.25, 0.3) is 0 Å². The van der Waals surface area contributed by atoms with Gasteiger partial charge in [-0.15, -0.1) is 0 Å². The van der Waals surface area contributed by atoms with E-state index in [-0.39, 0.29) is 6.61 Å². The Morgan fingerprint density at radius 2 is 2.11 bits per heavy atom. The van der Waals surface area contributed by atoms with Gasteiger partial charge in [-0.3, -0.25) is 4.98 Å². The number of carbonyl (C=O) groups is 1. The highest BCUT2D eigenvalue weighted by atomic mass is 79.9. The van der Waals surface area contributed by atoms with Crippen LogP contribution in [0.2, 0.25) is 0 Å². The second-order valence-electron chi connectivity index (χ2n) is 5.48. The maximum atomic E-state index is 11.8. The van der Waals surface area contributed by atoms with E-state index in [1.54, 1.807) is 46.0 Å². The number of alkyl carbamates (subject to hydrolysis) is 1. The maximum Gasteiger partial charge on any atom is 0.408 e. The van der Waals surface area contributed by atoms with Crippen molar-refractivity contribution in [3.05, 3.63) is 28.5 Å². The van der Waals surface area contributed by atoms with Crippen molar-refractivity contribution in [2.75, 3.05) is 6.61 Å². The van der Waals surface area contributed by atoms with Gasteiger partial charge in [0.2, 0.25) is 0 Å². The molecule has 1 amide bonds. The highest BCUT2D eigenvalue weighted by Gasteiger charge is 2.31. The number of amides is 1. The van der Waals surface area contributed by atoms with Gasteiger partial charge in [0.05, 0.1) is 12.3 Å². The van der Waals surface area contributed by atoms with Crippen molar-refractivity contribution in [1.29, 1.82) is 0 Å². The highest BCUT2D eigenvalue weighted by molar-refractivity contribution is 9.10. The van der Waals surface area contributed by atoms with Crippen LogP contribution in [0.1, 0.15) is 33.4 Å². The molecule has 1 heterocycles. The Morgan fingerprint density at radius 1 is 1.47 bits per heavy atom. The van der Waals surface area contributed by atoms with Crippen molar-refractivity contribution in [3.8, 4) is 0 Å². The van der Waals surface area contributed by atoms with Crippen molar-refractivity contribution in [3.63, 3.8) is 0 Å². The summed E-state index contributed by atoms with van der Waals surface area (Å²) < 4.78 is 6.01. The van der Waals surface area contributed by atoms with Crippen molar-refractivity contribution >= 4 is 22.0 Å². The molecule has 0 aromatic carbocycles. The van der Waals surface area contributed by atoms with Crippen LogP contribution in [0.4, 0.5) is 4.79 Å². The monoisotopic (exact) mass is 330 g/mol. The molecule has 2 N–H and O–H groups in total. The molecule has 0 fully saturated rings. The lowest BCUT2D eigenvalue weighted by Gasteiger charge is -2.30. The van der Waals surface area contributed by atoms with E-state index in [2.05, 4.69) is 26.2 Å². The molecular weight excluding hydrogens is 312 g/mol. The van der Waals surface area contributed by atoms with E-state index < -0.39 is 17.2 Å². The Balaban J connectivity index is 2.90. The molecule has 1 aromatic rings. The average Bonchev–Trinajstić information content (AvgIpc) is 2.26. The summed E-state index contributed by atoms with van der Waals surface area (Å²) in [6.07, 6.45) is 1.01. The molecule has 1 atom stereocenters. The van der Waals surface area contributed by atoms with E-state index in [0.29, 0.717) is 5.69 Å². The van der Waals surface area contributed by atoms with Crippen LogP contribution in [-0.4, -0.2) is 28.4 Å². The molecule has 19 heavy (non-hydrogen) atoms. The van der Waals surface area contributed by atoms with Crippen LogP contribution in [0, 0.1) is 0 Å². The van der Waals surface area contributed by atoms with Crippen LogP contribution in [0.3, 0.4) is 0 Å². The molecule has 0 radical (unpaired) electrons.